The van der Waals surface area contributed by atoms with Crippen LogP contribution in [0, 0.1) is 11.7 Å². The first-order chi connectivity index (χ1) is 14.3. The molecular weight excluding hydrogens is 398 g/mol. The number of rotatable bonds is 4. The fourth-order valence-corrected chi connectivity index (χ4v) is 3.99. The smallest absolute Gasteiger partial charge is 0.342 e. The van der Waals surface area contributed by atoms with E-state index in [9.17, 15) is 22.4 Å². The Hall–Kier alpha value is -2.90. The molecule has 1 aliphatic heterocycles. The van der Waals surface area contributed by atoms with E-state index >= 15 is 0 Å². The fraction of sp³-hybridized carbons (Fsp3) is 0.364. The molecule has 0 atom stereocenters. The average molecular weight is 419 g/mol. The van der Waals surface area contributed by atoms with Crippen LogP contribution in [0.25, 0.3) is 11.0 Å². The standard InChI is InChI=1S/C22H21F4N3O/c23-17-7-5-15(6-8-17)13-20(30)28-11-9-16(10-12-28)14-29-19-4-2-1-3-18(19)27-21(29)22(24,25)26/h1-8,16H,9-14H2. The zero-order chi connectivity index (χ0) is 21.3. The Kier molecular flexibility index (Phi) is 5.49. The van der Waals surface area contributed by atoms with Gasteiger partial charge in [0.15, 0.2) is 0 Å². The highest BCUT2D eigenvalue weighted by Gasteiger charge is 2.38. The van der Waals surface area contributed by atoms with Gasteiger partial charge in [-0.2, -0.15) is 13.2 Å². The molecule has 1 aromatic heterocycles. The summed E-state index contributed by atoms with van der Waals surface area (Å²) in [6.07, 6.45) is -3.09. The fourth-order valence-electron chi connectivity index (χ4n) is 3.99. The number of fused-ring (bicyclic) bond motifs is 1. The van der Waals surface area contributed by atoms with Crippen molar-refractivity contribution in [1.29, 1.82) is 0 Å². The molecule has 0 unspecified atom stereocenters. The van der Waals surface area contributed by atoms with Crippen LogP contribution in [-0.2, 0) is 23.9 Å². The number of piperidine rings is 1. The van der Waals surface area contributed by atoms with Crippen molar-refractivity contribution < 1.29 is 22.4 Å². The van der Waals surface area contributed by atoms with Crippen LogP contribution < -0.4 is 0 Å². The molecule has 158 valence electrons. The Morgan fingerprint density at radius 1 is 1.03 bits per heavy atom. The number of hydrogen-bond donors (Lipinski definition) is 0. The van der Waals surface area contributed by atoms with Crippen LogP contribution in [0.1, 0.15) is 24.2 Å². The number of para-hydroxylation sites is 2. The number of nitrogens with zero attached hydrogens (tertiary/aromatic N) is 3. The first kappa shape index (κ1) is 20.4. The highest BCUT2D eigenvalue weighted by atomic mass is 19.4. The lowest BCUT2D eigenvalue weighted by Crippen LogP contribution is -2.40. The molecule has 4 nitrogen and oxygen atoms in total. The molecule has 30 heavy (non-hydrogen) atoms. The van der Waals surface area contributed by atoms with Crippen molar-refractivity contribution in [2.45, 2.75) is 32.0 Å². The third-order valence-corrected chi connectivity index (χ3v) is 5.58. The lowest BCUT2D eigenvalue weighted by atomic mass is 9.96. The number of carbonyl (C=O) groups is 1. The summed E-state index contributed by atoms with van der Waals surface area (Å²) >= 11 is 0. The highest BCUT2D eigenvalue weighted by Crippen LogP contribution is 2.33. The molecule has 1 aliphatic rings. The predicted molar refractivity (Wildman–Crippen MR) is 104 cm³/mol. The van der Waals surface area contributed by atoms with Crippen molar-refractivity contribution in [3.8, 4) is 0 Å². The van der Waals surface area contributed by atoms with Gasteiger partial charge in [-0.25, -0.2) is 9.37 Å². The van der Waals surface area contributed by atoms with Gasteiger partial charge in [0.25, 0.3) is 0 Å². The number of benzene rings is 2. The Bertz CT molecular complexity index is 1030. The molecule has 0 N–H and O–H groups in total. The Morgan fingerprint density at radius 3 is 2.37 bits per heavy atom. The topological polar surface area (TPSA) is 38.1 Å². The second kappa shape index (κ2) is 8.08. The molecule has 0 bridgehead atoms. The van der Waals surface area contributed by atoms with Crippen LogP contribution in [0.5, 0.6) is 0 Å². The summed E-state index contributed by atoms with van der Waals surface area (Å²) in [5, 5.41) is 0. The van der Waals surface area contributed by atoms with E-state index in [2.05, 4.69) is 4.98 Å². The van der Waals surface area contributed by atoms with Gasteiger partial charge in [-0.05, 0) is 48.6 Å². The first-order valence-electron chi connectivity index (χ1n) is 9.86. The molecule has 1 fully saturated rings. The van der Waals surface area contributed by atoms with Crippen molar-refractivity contribution in [2.75, 3.05) is 13.1 Å². The van der Waals surface area contributed by atoms with E-state index in [1.165, 1.54) is 16.7 Å². The number of imidazole rings is 1. The molecule has 0 spiro atoms. The second-order valence-corrected chi connectivity index (χ2v) is 7.66. The maximum atomic E-state index is 13.5. The van der Waals surface area contributed by atoms with Gasteiger partial charge >= 0.3 is 6.18 Å². The van der Waals surface area contributed by atoms with Crippen molar-refractivity contribution >= 4 is 16.9 Å². The summed E-state index contributed by atoms with van der Waals surface area (Å²) in [6.45, 7) is 1.21. The summed E-state index contributed by atoms with van der Waals surface area (Å²) in [5.41, 5.74) is 1.54. The van der Waals surface area contributed by atoms with Gasteiger partial charge in [-0.1, -0.05) is 24.3 Å². The lowest BCUT2D eigenvalue weighted by molar-refractivity contribution is -0.147. The maximum absolute atomic E-state index is 13.5. The van der Waals surface area contributed by atoms with Crippen molar-refractivity contribution in [1.82, 2.24) is 14.5 Å². The van der Waals surface area contributed by atoms with Crippen LogP contribution in [0.2, 0.25) is 0 Å². The van der Waals surface area contributed by atoms with Gasteiger partial charge < -0.3 is 9.47 Å². The van der Waals surface area contributed by atoms with E-state index in [0.29, 0.717) is 37.0 Å². The molecular formula is C22H21F4N3O. The van der Waals surface area contributed by atoms with E-state index in [1.54, 1.807) is 41.3 Å². The minimum Gasteiger partial charge on any atom is -0.342 e. The van der Waals surface area contributed by atoms with Gasteiger partial charge in [0.05, 0.1) is 17.5 Å². The number of amides is 1. The van der Waals surface area contributed by atoms with Gasteiger partial charge in [0.2, 0.25) is 11.7 Å². The minimum atomic E-state index is -4.52. The maximum Gasteiger partial charge on any atom is 0.449 e. The van der Waals surface area contributed by atoms with Crippen LogP contribution >= 0.6 is 0 Å². The van der Waals surface area contributed by atoms with E-state index in [0.717, 1.165) is 5.56 Å². The number of aromatic nitrogens is 2. The Labute approximate surface area is 171 Å². The Balaban J connectivity index is 1.42. The second-order valence-electron chi connectivity index (χ2n) is 7.66. The van der Waals surface area contributed by atoms with Crippen molar-refractivity contribution in [3.63, 3.8) is 0 Å². The normalized spacial score (nSPS) is 15.7. The molecule has 8 heteroatoms. The van der Waals surface area contributed by atoms with E-state index in [4.69, 9.17) is 0 Å². The molecule has 0 saturated carbocycles. The monoisotopic (exact) mass is 419 g/mol. The summed E-state index contributed by atoms with van der Waals surface area (Å²) in [6, 6.07) is 12.4. The molecule has 0 radical (unpaired) electrons. The van der Waals surface area contributed by atoms with Crippen LogP contribution in [0.4, 0.5) is 17.6 Å². The van der Waals surface area contributed by atoms with Crippen LogP contribution in [-0.4, -0.2) is 33.4 Å². The molecule has 1 amide bonds. The summed E-state index contributed by atoms with van der Waals surface area (Å²) in [4.78, 5) is 18.0. The zero-order valence-corrected chi connectivity index (χ0v) is 16.2. The van der Waals surface area contributed by atoms with E-state index in [1.807, 2.05) is 0 Å². The number of alkyl halides is 3. The van der Waals surface area contributed by atoms with Gasteiger partial charge in [-0.15, -0.1) is 0 Å². The van der Waals surface area contributed by atoms with E-state index < -0.39 is 12.0 Å². The third-order valence-electron chi connectivity index (χ3n) is 5.58. The average Bonchev–Trinajstić information content (AvgIpc) is 3.09. The molecule has 0 aliphatic carbocycles. The number of carbonyl (C=O) groups excluding carboxylic acids is 1. The minimum absolute atomic E-state index is 0.0265. The quantitative estimate of drug-likeness (QED) is 0.576. The number of halogens is 4. The van der Waals surface area contributed by atoms with Crippen LogP contribution in [0.3, 0.4) is 0 Å². The highest BCUT2D eigenvalue weighted by molar-refractivity contribution is 5.79. The predicted octanol–water partition coefficient (Wildman–Crippen LogP) is 4.68. The van der Waals surface area contributed by atoms with Gasteiger partial charge in [0, 0.05) is 19.6 Å². The largest absolute Gasteiger partial charge is 0.449 e. The number of likely N-dealkylation sites (tertiary alicyclic amines) is 1. The SMILES string of the molecule is O=C(Cc1ccc(F)cc1)N1CCC(Cn2c(C(F)(F)F)nc3ccccc32)CC1. The van der Waals surface area contributed by atoms with Crippen molar-refractivity contribution in [2.24, 2.45) is 5.92 Å². The molecule has 4 rings (SSSR count). The lowest BCUT2D eigenvalue weighted by Gasteiger charge is -2.32. The molecule has 1 saturated heterocycles. The third kappa shape index (κ3) is 4.32. The Morgan fingerprint density at radius 2 is 1.70 bits per heavy atom. The summed E-state index contributed by atoms with van der Waals surface area (Å²) < 4.78 is 54.7. The summed E-state index contributed by atoms with van der Waals surface area (Å²) in [7, 11) is 0. The summed E-state index contributed by atoms with van der Waals surface area (Å²) in [5.74, 6) is -1.25. The molecule has 3 aromatic rings. The number of hydrogen-bond acceptors (Lipinski definition) is 2. The molecule has 2 aromatic carbocycles. The van der Waals surface area contributed by atoms with Gasteiger partial charge in [-0.3, -0.25) is 4.79 Å². The zero-order valence-electron chi connectivity index (χ0n) is 16.2. The first-order valence-corrected chi connectivity index (χ1v) is 9.86. The van der Waals surface area contributed by atoms with Crippen molar-refractivity contribution in [3.05, 3.63) is 65.7 Å². The van der Waals surface area contributed by atoms with Gasteiger partial charge in [0.1, 0.15) is 5.82 Å². The van der Waals surface area contributed by atoms with E-state index in [-0.39, 0.29) is 30.6 Å². The van der Waals surface area contributed by atoms with Crippen LogP contribution in [0.15, 0.2) is 48.5 Å². The molecule has 2 heterocycles.